The van der Waals surface area contributed by atoms with Crippen LogP contribution in [-0.2, 0) is 11.3 Å². The Kier molecular flexibility index (Phi) is 3.16. The summed E-state index contributed by atoms with van der Waals surface area (Å²) in [7, 11) is 0. The normalized spacial score (nSPS) is 15.6. The van der Waals surface area contributed by atoms with E-state index in [2.05, 4.69) is 20.9 Å². The summed E-state index contributed by atoms with van der Waals surface area (Å²) < 4.78 is 8.22. The first-order valence-electron chi connectivity index (χ1n) is 5.60. The fourth-order valence-corrected chi connectivity index (χ4v) is 2.18. The van der Waals surface area contributed by atoms with Gasteiger partial charge in [-0.05, 0) is 43.1 Å². The average molecular weight is 302 g/mol. The summed E-state index contributed by atoms with van der Waals surface area (Å²) in [5.74, 6) is 0.650. The molecule has 0 fully saturated rings. The van der Waals surface area contributed by atoms with Gasteiger partial charge in [0.25, 0.3) is 0 Å². The van der Waals surface area contributed by atoms with Gasteiger partial charge in [0.1, 0.15) is 10.2 Å². The predicted molar refractivity (Wildman–Crippen MR) is 68.1 cm³/mol. The van der Waals surface area contributed by atoms with E-state index in [0.29, 0.717) is 12.5 Å². The van der Waals surface area contributed by atoms with E-state index < -0.39 is 5.60 Å². The number of nitrogens with zero attached hydrogens (tertiary/aromatic N) is 3. The van der Waals surface area contributed by atoms with Crippen LogP contribution in [0.15, 0.2) is 10.8 Å². The lowest BCUT2D eigenvalue weighted by atomic mass is 10.2. The van der Waals surface area contributed by atoms with Crippen molar-refractivity contribution in [1.82, 2.24) is 9.55 Å². The second-order valence-electron chi connectivity index (χ2n) is 5.02. The highest BCUT2D eigenvalue weighted by Gasteiger charge is 2.29. The van der Waals surface area contributed by atoms with E-state index in [1.807, 2.05) is 25.3 Å². The van der Waals surface area contributed by atoms with Crippen molar-refractivity contribution in [3.05, 3.63) is 10.8 Å². The molecule has 0 saturated heterocycles. The summed E-state index contributed by atoms with van der Waals surface area (Å²) in [5, 5.41) is 0. The molecule has 0 bridgehead atoms. The quantitative estimate of drug-likeness (QED) is 0.740. The van der Waals surface area contributed by atoms with E-state index in [-0.39, 0.29) is 6.09 Å². The largest absolute Gasteiger partial charge is 0.443 e. The van der Waals surface area contributed by atoms with Gasteiger partial charge in [-0.15, -0.1) is 0 Å². The number of carbonyl (C=O) groups is 1. The Morgan fingerprint density at radius 1 is 1.47 bits per heavy atom. The molecule has 1 aliphatic heterocycles. The highest BCUT2D eigenvalue weighted by molar-refractivity contribution is 9.10. The first kappa shape index (κ1) is 12.4. The van der Waals surface area contributed by atoms with Gasteiger partial charge in [0.05, 0.1) is 6.20 Å². The lowest BCUT2D eigenvalue weighted by molar-refractivity contribution is 0.0572. The molecular weight excluding hydrogens is 286 g/mol. The van der Waals surface area contributed by atoms with Crippen LogP contribution in [0, 0.1) is 0 Å². The van der Waals surface area contributed by atoms with Gasteiger partial charge in [-0.1, -0.05) is 0 Å². The molecule has 0 unspecified atom stereocenters. The molecule has 6 heteroatoms. The van der Waals surface area contributed by atoms with E-state index in [0.717, 1.165) is 17.6 Å². The second-order valence-corrected chi connectivity index (χ2v) is 5.83. The van der Waals surface area contributed by atoms with Crippen molar-refractivity contribution < 1.29 is 9.53 Å². The van der Waals surface area contributed by atoms with Crippen LogP contribution in [0.5, 0.6) is 0 Å². The van der Waals surface area contributed by atoms with E-state index in [1.54, 1.807) is 11.1 Å². The molecule has 1 amide bonds. The van der Waals surface area contributed by atoms with Crippen LogP contribution >= 0.6 is 15.9 Å². The van der Waals surface area contributed by atoms with Gasteiger partial charge in [0.2, 0.25) is 5.95 Å². The molecule has 2 heterocycles. The first-order chi connectivity index (χ1) is 7.88. The van der Waals surface area contributed by atoms with Crippen molar-refractivity contribution in [3.63, 3.8) is 0 Å². The molecule has 2 rings (SSSR count). The van der Waals surface area contributed by atoms with Gasteiger partial charge in [-0.25, -0.2) is 14.7 Å². The number of hydrogen-bond acceptors (Lipinski definition) is 3. The van der Waals surface area contributed by atoms with Crippen LogP contribution in [0.4, 0.5) is 10.7 Å². The Morgan fingerprint density at radius 2 is 2.18 bits per heavy atom. The van der Waals surface area contributed by atoms with Crippen molar-refractivity contribution in [2.45, 2.75) is 39.3 Å². The highest BCUT2D eigenvalue weighted by atomic mass is 79.9. The van der Waals surface area contributed by atoms with Crippen LogP contribution in [0.25, 0.3) is 0 Å². The first-order valence-corrected chi connectivity index (χ1v) is 6.39. The highest BCUT2D eigenvalue weighted by Crippen LogP contribution is 2.26. The minimum absolute atomic E-state index is 0.337. The van der Waals surface area contributed by atoms with Crippen molar-refractivity contribution in [2.75, 3.05) is 11.4 Å². The van der Waals surface area contributed by atoms with Gasteiger partial charge >= 0.3 is 6.09 Å². The molecule has 0 atom stereocenters. The van der Waals surface area contributed by atoms with Crippen LogP contribution in [-0.4, -0.2) is 27.8 Å². The van der Waals surface area contributed by atoms with Crippen molar-refractivity contribution in [3.8, 4) is 0 Å². The summed E-state index contributed by atoms with van der Waals surface area (Å²) >= 11 is 3.41. The molecular formula is C11H16BrN3O2. The van der Waals surface area contributed by atoms with Crippen LogP contribution in [0.3, 0.4) is 0 Å². The van der Waals surface area contributed by atoms with Gasteiger partial charge in [-0.2, -0.15) is 0 Å². The van der Waals surface area contributed by atoms with Gasteiger partial charge < -0.3 is 9.30 Å². The minimum atomic E-state index is -0.483. The zero-order valence-electron chi connectivity index (χ0n) is 10.2. The van der Waals surface area contributed by atoms with E-state index in [1.165, 1.54) is 0 Å². The predicted octanol–water partition coefficient (Wildman–Crippen LogP) is 2.79. The van der Waals surface area contributed by atoms with E-state index >= 15 is 0 Å². The SMILES string of the molecule is CC(C)(C)OC(=O)N1CCCn2c(Br)cnc21. The number of rotatable bonds is 0. The number of carbonyl (C=O) groups excluding carboxylic acids is 1. The molecule has 0 N–H and O–H groups in total. The molecule has 0 spiro atoms. The number of anilines is 1. The Bertz CT molecular complexity index is 436. The smallest absolute Gasteiger partial charge is 0.417 e. The number of imidazole rings is 1. The van der Waals surface area contributed by atoms with E-state index in [9.17, 15) is 4.79 Å². The Balaban J connectivity index is 2.21. The molecule has 0 aromatic carbocycles. The molecule has 1 aliphatic rings. The number of aromatic nitrogens is 2. The Morgan fingerprint density at radius 3 is 2.82 bits per heavy atom. The number of fused-ring (bicyclic) bond motifs is 1. The fraction of sp³-hybridized carbons (Fsp3) is 0.636. The molecule has 5 nitrogen and oxygen atoms in total. The average Bonchev–Trinajstić information content (AvgIpc) is 2.58. The maximum absolute atomic E-state index is 12.0. The van der Waals surface area contributed by atoms with E-state index in [4.69, 9.17) is 4.74 Å². The van der Waals surface area contributed by atoms with Crippen LogP contribution in [0.2, 0.25) is 0 Å². The summed E-state index contributed by atoms with van der Waals surface area (Å²) in [6, 6.07) is 0. The monoisotopic (exact) mass is 301 g/mol. The summed E-state index contributed by atoms with van der Waals surface area (Å²) in [6.45, 7) is 7.10. The molecule has 1 aromatic rings. The zero-order valence-corrected chi connectivity index (χ0v) is 11.8. The Hall–Kier alpha value is -1.04. The van der Waals surface area contributed by atoms with Gasteiger partial charge in [0, 0.05) is 13.1 Å². The molecule has 1 aromatic heterocycles. The summed E-state index contributed by atoms with van der Waals surface area (Å²) in [6.07, 6.45) is 2.27. The minimum Gasteiger partial charge on any atom is -0.443 e. The molecule has 17 heavy (non-hydrogen) atoms. The van der Waals surface area contributed by atoms with Crippen LogP contribution < -0.4 is 4.90 Å². The zero-order chi connectivity index (χ0) is 12.6. The third-order valence-corrected chi connectivity index (χ3v) is 3.04. The van der Waals surface area contributed by atoms with Gasteiger partial charge in [0.15, 0.2) is 0 Å². The molecule has 0 radical (unpaired) electrons. The molecule has 0 saturated carbocycles. The number of ether oxygens (including phenoxy) is 1. The fourth-order valence-electron chi connectivity index (χ4n) is 1.75. The molecule has 94 valence electrons. The standard InChI is InChI=1S/C11H16BrN3O2/c1-11(2,3)17-10(16)15-6-4-5-14-8(12)7-13-9(14)15/h7H,4-6H2,1-3H3. The van der Waals surface area contributed by atoms with Crippen molar-refractivity contribution in [1.29, 1.82) is 0 Å². The third-order valence-electron chi connectivity index (χ3n) is 2.40. The van der Waals surface area contributed by atoms with Crippen LogP contribution in [0.1, 0.15) is 27.2 Å². The van der Waals surface area contributed by atoms with Crippen molar-refractivity contribution in [2.24, 2.45) is 0 Å². The van der Waals surface area contributed by atoms with Crippen molar-refractivity contribution >= 4 is 28.0 Å². The lowest BCUT2D eigenvalue weighted by Crippen LogP contribution is -2.41. The number of hydrogen-bond donors (Lipinski definition) is 0. The third kappa shape index (κ3) is 2.62. The second kappa shape index (κ2) is 4.33. The maximum Gasteiger partial charge on any atom is 0.417 e. The number of amides is 1. The topological polar surface area (TPSA) is 47.4 Å². The summed E-state index contributed by atoms with van der Waals surface area (Å²) in [4.78, 5) is 17.8. The Labute approximate surface area is 109 Å². The lowest BCUT2D eigenvalue weighted by Gasteiger charge is -2.30. The molecule has 0 aliphatic carbocycles. The number of halogens is 1. The summed E-state index contributed by atoms with van der Waals surface area (Å²) in [5.41, 5.74) is -0.483. The maximum atomic E-state index is 12.0. The van der Waals surface area contributed by atoms with Gasteiger partial charge in [-0.3, -0.25) is 0 Å².